The Morgan fingerprint density at radius 3 is 2.08 bits per heavy atom. The van der Waals surface area contributed by atoms with E-state index < -0.39 is 29.0 Å². The molecule has 3 rings (SSSR count). The van der Waals surface area contributed by atoms with Gasteiger partial charge in [0.05, 0.1) is 13.0 Å². The van der Waals surface area contributed by atoms with Crippen molar-refractivity contribution in [3.63, 3.8) is 0 Å². The predicted molar refractivity (Wildman–Crippen MR) is 142 cm³/mol. The smallest absolute Gasteiger partial charge is 0.408 e. The Balaban J connectivity index is 1.50. The summed E-state index contributed by atoms with van der Waals surface area (Å²) in [4.78, 5) is 69.5. The number of carbonyl (C=O) groups excluding carboxylic acids is 4. The lowest BCUT2D eigenvalue weighted by atomic mass is 9.86. The summed E-state index contributed by atoms with van der Waals surface area (Å²) in [6, 6.07) is 1.10. The third kappa shape index (κ3) is 7.93. The van der Waals surface area contributed by atoms with Crippen LogP contribution in [-0.2, 0) is 19.1 Å². The molecule has 4 amide bonds. The summed E-state index contributed by atoms with van der Waals surface area (Å²) in [6.45, 7) is 9.57. The molecule has 1 saturated heterocycles. The zero-order chi connectivity index (χ0) is 29.0. The molecule has 0 unspecified atom stereocenters. The Morgan fingerprint density at radius 1 is 0.949 bits per heavy atom. The Morgan fingerprint density at radius 2 is 1.54 bits per heavy atom. The number of urea groups is 1. The van der Waals surface area contributed by atoms with E-state index in [1.54, 1.807) is 61.2 Å². The lowest BCUT2D eigenvalue weighted by Gasteiger charge is -2.38. The number of carbonyl (C=O) groups is 4. The zero-order valence-corrected chi connectivity index (χ0v) is 23.6. The fraction of sp³-hybridized carbons (Fsp3) is 0.692. The van der Waals surface area contributed by atoms with Gasteiger partial charge in [-0.15, -0.1) is 0 Å². The molecule has 0 atom stereocenters. The minimum atomic E-state index is -1.18. The van der Waals surface area contributed by atoms with Crippen LogP contribution in [0.25, 0.3) is 0 Å². The number of rotatable bonds is 5. The van der Waals surface area contributed by atoms with Crippen LogP contribution in [0, 0.1) is 5.92 Å². The van der Waals surface area contributed by atoms with Crippen LogP contribution in [0.5, 0.6) is 0 Å². The molecule has 0 radical (unpaired) electrons. The molecule has 0 bridgehead atoms. The molecule has 1 aromatic heterocycles. The van der Waals surface area contributed by atoms with E-state index in [9.17, 15) is 24.0 Å². The Hall–Kier alpha value is -3.64. The quantitative estimate of drug-likeness (QED) is 0.531. The first-order valence-electron chi connectivity index (χ1n) is 13.2. The van der Waals surface area contributed by atoms with Crippen LogP contribution in [-0.4, -0.2) is 87.8 Å². The molecule has 2 N–H and O–H groups in total. The lowest BCUT2D eigenvalue weighted by molar-refractivity contribution is -0.146. The first kappa shape index (κ1) is 29.9. The molecule has 2 aliphatic rings. The van der Waals surface area contributed by atoms with Gasteiger partial charge in [0.2, 0.25) is 5.91 Å². The second kappa shape index (κ2) is 12.0. The average Bonchev–Trinajstić information content (AvgIpc) is 2.86. The number of amides is 4. The van der Waals surface area contributed by atoms with Crippen LogP contribution in [0.3, 0.4) is 0 Å². The Labute approximate surface area is 228 Å². The minimum Gasteiger partial charge on any atom is -0.469 e. The average molecular weight is 549 g/mol. The largest absolute Gasteiger partial charge is 0.469 e. The molecule has 216 valence electrons. The molecule has 1 aliphatic heterocycles. The van der Waals surface area contributed by atoms with Gasteiger partial charge in [0, 0.05) is 38.4 Å². The molecule has 2 heterocycles. The van der Waals surface area contributed by atoms with Crippen LogP contribution >= 0.6 is 0 Å². The molecular formula is C26H40N6O7. The predicted octanol–water partition coefficient (Wildman–Crippen LogP) is 2.13. The number of nitrogens with zero attached hydrogens (tertiary/aromatic N) is 4. The van der Waals surface area contributed by atoms with Crippen molar-refractivity contribution in [3.05, 3.63) is 22.7 Å². The van der Waals surface area contributed by atoms with Crippen molar-refractivity contribution in [2.75, 3.05) is 38.6 Å². The SMILES string of the molecule is COC(=O)C1CCC(n2ccc(NC(=O)N3CCN(C(=O)C(C)(C)NC(=O)OC(C)(C)C)CC3)nc2=O)CC1. The maximum absolute atomic E-state index is 13.0. The van der Waals surface area contributed by atoms with Crippen LogP contribution in [0.1, 0.15) is 66.3 Å². The van der Waals surface area contributed by atoms with Crippen molar-refractivity contribution in [1.29, 1.82) is 0 Å². The van der Waals surface area contributed by atoms with Crippen molar-refractivity contribution < 1.29 is 28.7 Å². The lowest BCUT2D eigenvalue weighted by Crippen LogP contribution is -2.60. The number of hydrogen-bond acceptors (Lipinski definition) is 8. The molecule has 1 aliphatic carbocycles. The number of nitrogens with one attached hydrogen (secondary N) is 2. The van der Waals surface area contributed by atoms with Gasteiger partial charge in [0.1, 0.15) is 17.0 Å². The second-order valence-corrected chi connectivity index (χ2v) is 11.5. The first-order chi connectivity index (χ1) is 18.2. The molecule has 39 heavy (non-hydrogen) atoms. The fourth-order valence-corrected chi connectivity index (χ4v) is 4.83. The third-order valence-corrected chi connectivity index (χ3v) is 6.89. The van der Waals surface area contributed by atoms with Gasteiger partial charge in [-0.1, -0.05) is 0 Å². The van der Waals surface area contributed by atoms with Crippen LogP contribution < -0.4 is 16.3 Å². The van der Waals surface area contributed by atoms with Gasteiger partial charge in [0.25, 0.3) is 0 Å². The van der Waals surface area contributed by atoms with Gasteiger partial charge in [-0.3, -0.25) is 19.5 Å². The van der Waals surface area contributed by atoms with Gasteiger partial charge in [0.15, 0.2) is 0 Å². The normalized spacial score (nSPS) is 20.2. The van der Waals surface area contributed by atoms with E-state index in [1.165, 1.54) is 7.11 Å². The minimum absolute atomic E-state index is 0.0599. The molecule has 0 spiro atoms. The highest BCUT2D eigenvalue weighted by atomic mass is 16.6. The summed E-state index contributed by atoms with van der Waals surface area (Å²) >= 11 is 0. The Bertz CT molecular complexity index is 1130. The number of esters is 1. The van der Waals surface area contributed by atoms with Crippen molar-refractivity contribution in [3.8, 4) is 0 Å². The summed E-state index contributed by atoms with van der Waals surface area (Å²) in [6.07, 6.45) is 3.56. The molecular weight excluding hydrogens is 508 g/mol. The van der Waals surface area contributed by atoms with Crippen molar-refractivity contribution in [1.82, 2.24) is 24.7 Å². The van der Waals surface area contributed by atoms with Crippen LogP contribution in [0.2, 0.25) is 0 Å². The van der Waals surface area contributed by atoms with E-state index in [4.69, 9.17) is 9.47 Å². The highest BCUT2D eigenvalue weighted by Gasteiger charge is 2.37. The van der Waals surface area contributed by atoms with E-state index in [0.29, 0.717) is 25.7 Å². The summed E-state index contributed by atoms with van der Waals surface area (Å²) in [5, 5.41) is 5.27. The van der Waals surface area contributed by atoms with E-state index in [-0.39, 0.29) is 55.8 Å². The standard InChI is InChI=1S/C26H40N6O7/c1-25(2,3)39-24(37)29-26(4,5)21(34)30-13-15-31(16-14-30)22(35)27-19-11-12-32(23(36)28-19)18-9-7-17(8-10-18)20(33)38-6/h11-12,17-18H,7-10,13-16H2,1-6H3,(H,29,37)(H,27,28,35,36). The molecule has 1 aromatic rings. The van der Waals surface area contributed by atoms with E-state index in [2.05, 4.69) is 15.6 Å². The number of alkyl carbamates (subject to hydrolysis) is 1. The number of methoxy groups -OCH3 is 1. The van der Waals surface area contributed by atoms with Gasteiger partial charge in [-0.2, -0.15) is 4.98 Å². The van der Waals surface area contributed by atoms with Gasteiger partial charge in [-0.05, 0) is 66.4 Å². The number of piperazine rings is 1. The molecule has 2 fully saturated rings. The van der Waals surface area contributed by atoms with Gasteiger partial charge >= 0.3 is 23.8 Å². The summed E-state index contributed by atoms with van der Waals surface area (Å²) in [5.74, 6) is -0.495. The third-order valence-electron chi connectivity index (χ3n) is 6.89. The monoisotopic (exact) mass is 548 g/mol. The number of ether oxygens (including phenoxy) is 2. The maximum Gasteiger partial charge on any atom is 0.408 e. The van der Waals surface area contributed by atoms with E-state index in [1.807, 2.05) is 0 Å². The second-order valence-electron chi connectivity index (χ2n) is 11.5. The maximum atomic E-state index is 13.0. The number of hydrogen-bond donors (Lipinski definition) is 2. The number of anilines is 1. The van der Waals surface area contributed by atoms with Crippen molar-refractivity contribution in [2.45, 2.75) is 77.5 Å². The zero-order valence-electron chi connectivity index (χ0n) is 23.6. The summed E-state index contributed by atoms with van der Waals surface area (Å²) < 4.78 is 11.6. The first-order valence-corrected chi connectivity index (χ1v) is 13.2. The Kier molecular flexibility index (Phi) is 9.23. The van der Waals surface area contributed by atoms with Crippen LogP contribution in [0.4, 0.5) is 15.4 Å². The van der Waals surface area contributed by atoms with Crippen molar-refractivity contribution in [2.24, 2.45) is 5.92 Å². The van der Waals surface area contributed by atoms with Crippen molar-refractivity contribution >= 4 is 29.8 Å². The van der Waals surface area contributed by atoms with Gasteiger partial charge in [-0.25, -0.2) is 14.4 Å². The molecule has 13 nitrogen and oxygen atoms in total. The highest BCUT2D eigenvalue weighted by Crippen LogP contribution is 2.32. The van der Waals surface area contributed by atoms with E-state index >= 15 is 0 Å². The van der Waals surface area contributed by atoms with Gasteiger partial charge < -0.3 is 24.6 Å². The molecule has 1 saturated carbocycles. The van der Waals surface area contributed by atoms with E-state index in [0.717, 1.165) is 0 Å². The summed E-state index contributed by atoms with van der Waals surface area (Å²) in [7, 11) is 1.38. The summed E-state index contributed by atoms with van der Waals surface area (Å²) in [5.41, 5.74) is -2.34. The fourth-order valence-electron chi connectivity index (χ4n) is 4.83. The molecule has 0 aromatic carbocycles. The molecule has 13 heteroatoms. The number of aromatic nitrogens is 2. The van der Waals surface area contributed by atoms with Crippen LogP contribution in [0.15, 0.2) is 17.1 Å². The topological polar surface area (TPSA) is 152 Å². The highest BCUT2D eigenvalue weighted by molar-refractivity contribution is 5.90.